The predicted octanol–water partition coefficient (Wildman–Crippen LogP) is 4.00. The van der Waals surface area contributed by atoms with Crippen molar-refractivity contribution in [1.29, 1.82) is 0 Å². The van der Waals surface area contributed by atoms with Gasteiger partial charge in [-0.1, -0.05) is 23.5 Å². The van der Waals surface area contributed by atoms with Gasteiger partial charge < -0.3 is 23.7 Å². The Labute approximate surface area is 236 Å². The van der Waals surface area contributed by atoms with Crippen LogP contribution in [-0.2, 0) is 9.53 Å². The number of carbonyl (C=O) groups excluding carboxylic acids is 1. The van der Waals surface area contributed by atoms with Crippen molar-refractivity contribution in [1.82, 2.24) is 4.57 Å². The Morgan fingerprint density at radius 3 is 2.27 bits per heavy atom. The van der Waals surface area contributed by atoms with E-state index in [2.05, 4.69) is 4.99 Å². The average molecular weight is 567 g/mol. The molecule has 3 aromatic rings. The third-order valence-corrected chi connectivity index (χ3v) is 6.93. The highest BCUT2D eigenvalue weighted by Gasteiger charge is 2.31. The lowest BCUT2D eigenvalue weighted by atomic mass is 9.97. The third kappa shape index (κ3) is 6.07. The fraction of sp³-hybridized carbons (Fsp3) is 0.367. The Morgan fingerprint density at radius 1 is 0.975 bits per heavy atom. The van der Waals surface area contributed by atoms with E-state index in [1.807, 2.05) is 58.9 Å². The Morgan fingerprint density at radius 2 is 1.62 bits per heavy atom. The van der Waals surface area contributed by atoms with Crippen LogP contribution in [0.25, 0.3) is 6.08 Å². The number of thiazole rings is 1. The highest BCUT2D eigenvalue weighted by Crippen LogP contribution is 2.35. The second kappa shape index (κ2) is 12.9. The van der Waals surface area contributed by atoms with E-state index in [4.69, 9.17) is 23.7 Å². The van der Waals surface area contributed by atoms with Crippen molar-refractivity contribution in [3.8, 4) is 23.0 Å². The molecular weight excluding hydrogens is 532 g/mol. The number of fused-ring (bicyclic) bond motifs is 1. The second-order valence-electron chi connectivity index (χ2n) is 9.05. The fourth-order valence-electron chi connectivity index (χ4n) is 4.37. The van der Waals surface area contributed by atoms with Gasteiger partial charge in [0.2, 0.25) is 0 Å². The van der Waals surface area contributed by atoms with E-state index in [-0.39, 0.29) is 17.2 Å². The standard InChI is InChI=1S/C30H34N2O7S/c1-7-36-22-13-11-20(16-25(22)38-9-3)27-21(29(34)35-6)17-31-30-32(27)28(33)26(40-30)15-19-10-12-23(39-18(4)5)24(14-19)37-8-2/h10-18,27H,7-9H2,1-6H3/b26-15+/t27-/m0/s1. The molecule has 0 unspecified atom stereocenters. The van der Waals surface area contributed by atoms with E-state index in [9.17, 15) is 9.59 Å². The number of ether oxygens (including phenoxy) is 5. The molecule has 0 radical (unpaired) electrons. The number of esters is 1. The molecule has 0 saturated carbocycles. The largest absolute Gasteiger partial charge is 0.490 e. The van der Waals surface area contributed by atoms with Crippen LogP contribution >= 0.6 is 11.3 Å². The van der Waals surface area contributed by atoms with Gasteiger partial charge in [-0.05, 0) is 76.1 Å². The van der Waals surface area contributed by atoms with Gasteiger partial charge in [0, 0.05) is 6.20 Å². The molecule has 40 heavy (non-hydrogen) atoms. The lowest BCUT2D eigenvalue weighted by molar-refractivity contribution is -0.136. The normalized spacial score (nSPS) is 14.7. The van der Waals surface area contributed by atoms with Gasteiger partial charge in [0.15, 0.2) is 27.8 Å². The molecule has 1 aliphatic heterocycles. The summed E-state index contributed by atoms with van der Waals surface area (Å²) in [5.41, 5.74) is 1.39. The van der Waals surface area contributed by atoms with E-state index < -0.39 is 12.0 Å². The number of hydrogen-bond acceptors (Lipinski definition) is 9. The van der Waals surface area contributed by atoms with Gasteiger partial charge in [-0.15, -0.1) is 0 Å². The fourth-order valence-corrected chi connectivity index (χ4v) is 5.34. The quantitative estimate of drug-likeness (QED) is 0.324. The number of carbonyl (C=O) groups is 1. The third-order valence-electron chi connectivity index (χ3n) is 5.94. The van der Waals surface area contributed by atoms with E-state index in [1.54, 1.807) is 18.2 Å². The summed E-state index contributed by atoms with van der Waals surface area (Å²) < 4.78 is 30.2. The van der Waals surface area contributed by atoms with Crippen LogP contribution < -0.4 is 33.8 Å². The SMILES string of the molecule is CCOc1ccc([C@H]2C(C(=O)OC)=CN=c3s/c(=C/c4ccc(OC(C)C)c(OCC)c4)c(=O)n32)cc1OCC. The van der Waals surface area contributed by atoms with Gasteiger partial charge in [-0.2, -0.15) is 0 Å². The minimum absolute atomic E-state index is 0.0106. The van der Waals surface area contributed by atoms with Crippen molar-refractivity contribution < 1.29 is 28.5 Å². The summed E-state index contributed by atoms with van der Waals surface area (Å²) in [7, 11) is 1.30. The Hall–Kier alpha value is -4.05. The maximum absolute atomic E-state index is 13.9. The second-order valence-corrected chi connectivity index (χ2v) is 10.1. The lowest BCUT2D eigenvalue weighted by Crippen LogP contribution is -2.39. The number of aromatic nitrogens is 1. The van der Waals surface area contributed by atoms with Gasteiger partial charge >= 0.3 is 5.97 Å². The number of methoxy groups -OCH3 is 1. The Bertz CT molecular complexity index is 1590. The van der Waals surface area contributed by atoms with Crippen LogP contribution in [0.15, 0.2) is 58.0 Å². The molecule has 0 aliphatic carbocycles. The molecule has 212 valence electrons. The molecule has 0 N–H and O–H groups in total. The molecule has 1 atom stereocenters. The molecule has 0 amide bonds. The summed E-state index contributed by atoms with van der Waals surface area (Å²) in [5.74, 6) is 1.77. The molecule has 9 nitrogen and oxygen atoms in total. The summed E-state index contributed by atoms with van der Waals surface area (Å²) in [5, 5.41) is 0. The van der Waals surface area contributed by atoms with Crippen molar-refractivity contribution in [2.45, 2.75) is 46.8 Å². The van der Waals surface area contributed by atoms with Gasteiger partial charge in [0.1, 0.15) is 0 Å². The molecule has 1 aliphatic rings. The average Bonchev–Trinajstić information content (AvgIpc) is 3.25. The molecule has 0 bridgehead atoms. The zero-order valence-corrected chi connectivity index (χ0v) is 24.4. The van der Waals surface area contributed by atoms with Crippen molar-refractivity contribution in [3.63, 3.8) is 0 Å². The molecular formula is C30H34N2O7S. The van der Waals surface area contributed by atoms with Gasteiger partial charge in [-0.3, -0.25) is 9.36 Å². The molecule has 0 saturated heterocycles. The molecule has 2 heterocycles. The molecule has 0 fully saturated rings. The van der Waals surface area contributed by atoms with Crippen LogP contribution in [0.4, 0.5) is 0 Å². The molecule has 4 rings (SSSR count). The first-order valence-corrected chi connectivity index (χ1v) is 14.0. The highest BCUT2D eigenvalue weighted by molar-refractivity contribution is 7.07. The first-order chi connectivity index (χ1) is 19.3. The van der Waals surface area contributed by atoms with Crippen LogP contribution in [0.3, 0.4) is 0 Å². The summed E-state index contributed by atoms with van der Waals surface area (Å²) >= 11 is 1.24. The molecule has 0 spiro atoms. The van der Waals surface area contributed by atoms with E-state index in [1.165, 1.54) is 29.2 Å². The Balaban J connectivity index is 1.85. The lowest BCUT2D eigenvalue weighted by Gasteiger charge is -2.23. The van der Waals surface area contributed by atoms with Crippen LogP contribution in [-0.4, -0.2) is 43.6 Å². The van der Waals surface area contributed by atoms with Crippen molar-refractivity contribution in [3.05, 3.63) is 79.0 Å². The van der Waals surface area contributed by atoms with Crippen molar-refractivity contribution in [2.24, 2.45) is 4.99 Å². The van der Waals surface area contributed by atoms with E-state index in [0.29, 0.717) is 57.7 Å². The monoisotopic (exact) mass is 566 g/mol. The van der Waals surface area contributed by atoms with Crippen molar-refractivity contribution in [2.75, 3.05) is 26.9 Å². The molecule has 10 heteroatoms. The van der Waals surface area contributed by atoms with Gasteiger partial charge in [0.05, 0.1) is 49.2 Å². The maximum atomic E-state index is 13.9. The van der Waals surface area contributed by atoms with Gasteiger partial charge in [0.25, 0.3) is 5.56 Å². The predicted molar refractivity (Wildman–Crippen MR) is 153 cm³/mol. The number of hydrogen-bond donors (Lipinski definition) is 0. The van der Waals surface area contributed by atoms with Gasteiger partial charge in [-0.25, -0.2) is 9.79 Å². The zero-order valence-electron chi connectivity index (χ0n) is 23.6. The molecule has 2 aromatic carbocycles. The summed E-state index contributed by atoms with van der Waals surface area (Å²) in [4.78, 5) is 31.6. The van der Waals surface area contributed by atoms with Crippen LogP contribution in [0.2, 0.25) is 0 Å². The van der Waals surface area contributed by atoms with E-state index in [0.717, 1.165) is 5.56 Å². The topological polar surface area (TPSA) is 97.6 Å². The summed E-state index contributed by atoms with van der Waals surface area (Å²) in [6, 6.07) is 10.2. The van der Waals surface area contributed by atoms with Crippen LogP contribution in [0.5, 0.6) is 23.0 Å². The smallest absolute Gasteiger partial charge is 0.337 e. The first kappa shape index (κ1) is 28.9. The Kier molecular flexibility index (Phi) is 9.31. The van der Waals surface area contributed by atoms with Crippen LogP contribution in [0, 0.1) is 0 Å². The van der Waals surface area contributed by atoms with E-state index >= 15 is 0 Å². The number of nitrogens with zero attached hydrogens (tertiary/aromatic N) is 2. The minimum atomic E-state index is -0.762. The first-order valence-electron chi connectivity index (χ1n) is 13.2. The summed E-state index contributed by atoms with van der Waals surface area (Å²) in [6.45, 7) is 10.9. The number of benzene rings is 2. The van der Waals surface area contributed by atoms with Crippen molar-refractivity contribution >= 4 is 23.4 Å². The maximum Gasteiger partial charge on any atom is 0.337 e. The molecule has 1 aromatic heterocycles. The highest BCUT2D eigenvalue weighted by atomic mass is 32.1. The zero-order chi connectivity index (χ0) is 28.8. The minimum Gasteiger partial charge on any atom is -0.490 e. The summed E-state index contributed by atoms with van der Waals surface area (Å²) in [6.07, 6.45) is 3.24. The number of rotatable bonds is 11. The van der Waals surface area contributed by atoms with Crippen LogP contribution in [0.1, 0.15) is 51.8 Å².